The Hall–Kier alpha value is -2.63. The van der Waals surface area contributed by atoms with Crippen LogP contribution in [0.4, 0.5) is 0 Å². The second-order valence-corrected chi connectivity index (χ2v) is 6.78. The topological polar surface area (TPSA) is 64.4 Å². The molecule has 1 amide bonds. The fourth-order valence-corrected chi connectivity index (χ4v) is 3.43. The highest BCUT2D eigenvalue weighted by molar-refractivity contribution is 5.88. The lowest BCUT2D eigenvalue weighted by Crippen LogP contribution is -2.27. The van der Waals surface area contributed by atoms with Crippen molar-refractivity contribution in [3.8, 4) is 0 Å². The van der Waals surface area contributed by atoms with Crippen molar-refractivity contribution in [3.05, 3.63) is 53.3 Å². The fourth-order valence-electron chi connectivity index (χ4n) is 3.43. The van der Waals surface area contributed by atoms with Crippen molar-refractivity contribution in [1.29, 1.82) is 0 Å². The number of fused-ring (bicyclic) bond motifs is 1. The van der Waals surface area contributed by atoms with E-state index in [0.29, 0.717) is 43.0 Å². The maximum atomic E-state index is 12.0. The Morgan fingerprint density at radius 1 is 1.24 bits per heavy atom. The van der Waals surface area contributed by atoms with Crippen LogP contribution < -0.4 is 0 Å². The molecular formula is C19H21N3O3. The Morgan fingerprint density at radius 3 is 2.60 bits per heavy atom. The zero-order valence-corrected chi connectivity index (χ0v) is 14.2. The molecule has 25 heavy (non-hydrogen) atoms. The molecule has 0 N–H and O–H groups in total. The summed E-state index contributed by atoms with van der Waals surface area (Å²) in [5, 5.41) is 4.21. The maximum Gasteiger partial charge on any atom is 0.341 e. The van der Waals surface area contributed by atoms with Gasteiger partial charge in [0.25, 0.3) is 0 Å². The molecule has 2 atom stereocenters. The van der Waals surface area contributed by atoms with Gasteiger partial charge in [0.15, 0.2) is 0 Å². The summed E-state index contributed by atoms with van der Waals surface area (Å²) in [4.78, 5) is 25.7. The van der Waals surface area contributed by atoms with Crippen molar-refractivity contribution in [2.75, 3.05) is 13.2 Å². The van der Waals surface area contributed by atoms with Crippen LogP contribution >= 0.6 is 0 Å². The SMILES string of the molecule is CCOC(=O)c1cnn(Cc2ccc(CN3C[C@H]4CC4C3=O)cc2)c1. The van der Waals surface area contributed by atoms with Gasteiger partial charge in [-0.05, 0) is 30.4 Å². The molecule has 0 bridgehead atoms. The molecule has 1 aromatic heterocycles. The van der Waals surface area contributed by atoms with E-state index in [2.05, 4.69) is 17.2 Å². The van der Waals surface area contributed by atoms with E-state index in [4.69, 9.17) is 4.74 Å². The van der Waals surface area contributed by atoms with Crippen LogP contribution in [0, 0.1) is 11.8 Å². The first-order valence-electron chi connectivity index (χ1n) is 8.70. The smallest absolute Gasteiger partial charge is 0.341 e. The standard InChI is InChI=1S/C19H21N3O3/c1-2-25-19(24)16-8-20-22(12-16)10-14-5-3-13(4-6-14)9-21-11-15-7-17(15)18(21)23/h3-6,8,12,15,17H,2,7,9-11H2,1H3/t15-,17?/m1/s1. The third-order valence-corrected chi connectivity index (χ3v) is 4.89. The van der Waals surface area contributed by atoms with E-state index in [9.17, 15) is 9.59 Å². The zero-order valence-electron chi connectivity index (χ0n) is 14.2. The second kappa shape index (κ2) is 6.35. The molecule has 2 aliphatic rings. The fraction of sp³-hybridized carbons (Fsp3) is 0.421. The number of ether oxygens (including phenoxy) is 1. The number of benzene rings is 1. The third-order valence-electron chi connectivity index (χ3n) is 4.89. The highest BCUT2D eigenvalue weighted by atomic mass is 16.5. The van der Waals surface area contributed by atoms with E-state index in [1.165, 1.54) is 6.20 Å². The third kappa shape index (κ3) is 3.29. The monoisotopic (exact) mass is 339 g/mol. The van der Waals surface area contributed by atoms with Crippen LogP contribution in [-0.4, -0.2) is 39.7 Å². The molecule has 130 valence electrons. The molecule has 4 rings (SSSR count). The number of rotatable bonds is 6. The number of carbonyl (C=O) groups is 2. The first kappa shape index (κ1) is 15.9. The number of amides is 1. The molecule has 1 aliphatic carbocycles. The summed E-state index contributed by atoms with van der Waals surface area (Å²) >= 11 is 0. The summed E-state index contributed by atoms with van der Waals surface area (Å²) in [6.07, 6.45) is 4.31. The lowest BCUT2D eigenvalue weighted by molar-refractivity contribution is -0.130. The molecular weight excluding hydrogens is 318 g/mol. The molecule has 1 saturated carbocycles. The highest BCUT2D eigenvalue weighted by Gasteiger charge is 2.51. The van der Waals surface area contributed by atoms with Gasteiger partial charge >= 0.3 is 5.97 Å². The van der Waals surface area contributed by atoms with Gasteiger partial charge < -0.3 is 9.64 Å². The van der Waals surface area contributed by atoms with Crippen LogP contribution in [0.2, 0.25) is 0 Å². The van der Waals surface area contributed by atoms with Crippen molar-refractivity contribution in [2.24, 2.45) is 11.8 Å². The minimum atomic E-state index is -0.350. The number of hydrogen-bond donors (Lipinski definition) is 0. The van der Waals surface area contributed by atoms with Gasteiger partial charge in [-0.25, -0.2) is 4.79 Å². The van der Waals surface area contributed by atoms with Crippen molar-refractivity contribution in [1.82, 2.24) is 14.7 Å². The minimum Gasteiger partial charge on any atom is -0.462 e. The lowest BCUT2D eigenvalue weighted by atomic mass is 10.1. The van der Waals surface area contributed by atoms with Gasteiger partial charge in [-0.3, -0.25) is 9.48 Å². The first-order valence-corrected chi connectivity index (χ1v) is 8.70. The van der Waals surface area contributed by atoms with Gasteiger partial charge in [0.2, 0.25) is 5.91 Å². The Morgan fingerprint density at radius 2 is 1.96 bits per heavy atom. The first-order chi connectivity index (χ1) is 12.1. The number of nitrogens with zero attached hydrogens (tertiary/aromatic N) is 3. The molecule has 1 aliphatic heterocycles. The molecule has 1 aromatic carbocycles. The minimum absolute atomic E-state index is 0.313. The van der Waals surface area contributed by atoms with Crippen LogP contribution in [0.5, 0.6) is 0 Å². The van der Waals surface area contributed by atoms with Gasteiger partial charge in [-0.1, -0.05) is 24.3 Å². The lowest BCUT2D eigenvalue weighted by Gasteiger charge is -2.18. The summed E-state index contributed by atoms with van der Waals surface area (Å²) < 4.78 is 6.69. The summed E-state index contributed by atoms with van der Waals surface area (Å²) in [6, 6.07) is 8.20. The molecule has 1 unspecified atom stereocenters. The van der Waals surface area contributed by atoms with Crippen LogP contribution in [0.25, 0.3) is 0 Å². The Kier molecular flexibility index (Phi) is 4.03. The zero-order chi connectivity index (χ0) is 17.4. The average Bonchev–Trinajstić information content (AvgIpc) is 3.10. The van der Waals surface area contributed by atoms with Crippen LogP contribution in [0.3, 0.4) is 0 Å². The number of likely N-dealkylation sites (tertiary alicyclic amines) is 1. The van der Waals surface area contributed by atoms with E-state index in [1.54, 1.807) is 17.8 Å². The van der Waals surface area contributed by atoms with Crippen molar-refractivity contribution in [2.45, 2.75) is 26.4 Å². The van der Waals surface area contributed by atoms with Gasteiger partial charge in [-0.2, -0.15) is 5.10 Å². The van der Waals surface area contributed by atoms with Crippen LogP contribution in [0.1, 0.15) is 34.8 Å². The number of esters is 1. The largest absolute Gasteiger partial charge is 0.462 e. The summed E-state index contributed by atoms with van der Waals surface area (Å²) in [5.74, 6) is 0.891. The van der Waals surface area contributed by atoms with Crippen molar-refractivity contribution in [3.63, 3.8) is 0 Å². The van der Waals surface area contributed by atoms with Gasteiger partial charge in [-0.15, -0.1) is 0 Å². The summed E-state index contributed by atoms with van der Waals surface area (Å²) in [7, 11) is 0. The maximum absolute atomic E-state index is 12.0. The number of hydrogen-bond acceptors (Lipinski definition) is 4. The van der Waals surface area contributed by atoms with E-state index in [0.717, 1.165) is 24.1 Å². The van der Waals surface area contributed by atoms with E-state index in [1.807, 2.05) is 17.0 Å². The summed E-state index contributed by atoms with van der Waals surface area (Å²) in [5.41, 5.74) is 2.70. The predicted molar refractivity (Wildman–Crippen MR) is 90.7 cm³/mol. The van der Waals surface area contributed by atoms with Gasteiger partial charge in [0.1, 0.15) is 0 Å². The molecule has 0 radical (unpaired) electrons. The molecule has 6 heteroatoms. The normalized spacial score (nSPS) is 21.3. The molecule has 2 fully saturated rings. The van der Waals surface area contributed by atoms with E-state index >= 15 is 0 Å². The van der Waals surface area contributed by atoms with Crippen molar-refractivity contribution < 1.29 is 14.3 Å². The molecule has 6 nitrogen and oxygen atoms in total. The molecule has 1 saturated heterocycles. The second-order valence-electron chi connectivity index (χ2n) is 6.78. The quantitative estimate of drug-likeness (QED) is 0.756. The highest BCUT2D eigenvalue weighted by Crippen LogP contribution is 2.46. The van der Waals surface area contributed by atoms with E-state index in [-0.39, 0.29) is 5.97 Å². The molecule has 0 spiro atoms. The summed E-state index contributed by atoms with van der Waals surface area (Å²) in [6.45, 7) is 4.33. The van der Waals surface area contributed by atoms with Crippen LogP contribution in [0.15, 0.2) is 36.7 Å². The van der Waals surface area contributed by atoms with Gasteiger partial charge in [0.05, 0.1) is 24.9 Å². The number of carbonyl (C=O) groups excluding carboxylic acids is 2. The Balaban J connectivity index is 1.36. The van der Waals surface area contributed by atoms with Crippen LogP contribution in [-0.2, 0) is 22.6 Å². The number of aromatic nitrogens is 2. The molecule has 2 heterocycles. The number of piperidine rings is 1. The Labute approximate surface area is 146 Å². The molecule has 2 aromatic rings. The Bertz CT molecular complexity index is 797. The van der Waals surface area contributed by atoms with E-state index < -0.39 is 0 Å². The van der Waals surface area contributed by atoms with Gasteiger partial charge in [0, 0.05) is 25.2 Å². The predicted octanol–water partition coefficient (Wildman–Crippen LogP) is 2.09. The van der Waals surface area contributed by atoms with Crippen molar-refractivity contribution >= 4 is 11.9 Å². The average molecular weight is 339 g/mol.